The van der Waals surface area contributed by atoms with Crippen molar-refractivity contribution < 1.29 is 4.97 Å². The van der Waals surface area contributed by atoms with E-state index in [0.29, 0.717) is 0 Å². The van der Waals surface area contributed by atoms with Crippen molar-refractivity contribution >= 4 is 0 Å². The van der Waals surface area contributed by atoms with Gasteiger partial charge in [0, 0.05) is 4.97 Å². The molecule has 0 atom stereocenters. The van der Waals surface area contributed by atoms with Gasteiger partial charge in [0.15, 0.2) is 0 Å². The first-order chi connectivity index (χ1) is 2.27. The SMILES string of the molecule is C/N=[N+](\N)[O-]. The molecule has 2 N–H and O–H groups in total. The second-order valence-electron chi connectivity index (χ2n) is 0.503. The molecular formula is CH5N3O. The number of nitrogens with zero attached hydrogens (tertiary/aromatic N) is 2. The Bertz CT molecular complexity index is 44.9. The van der Waals surface area contributed by atoms with Crippen molar-refractivity contribution in [2.24, 2.45) is 11.0 Å². The molecule has 0 aliphatic carbocycles. The van der Waals surface area contributed by atoms with Crippen molar-refractivity contribution in [3.63, 3.8) is 0 Å². The Morgan fingerprint density at radius 2 is 2.20 bits per heavy atom. The quantitative estimate of drug-likeness (QED) is 0.182. The van der Waals surface area contributed by atoms with Gasteiger partial charge in [0.05, 0.1) is 7.05 Å². The fourth-order valence-electron chi connectivity index (χ4n) is 0. The molecule has 0 spiro atoms. The molecular weight excluding hydrogens is 70.0 g/mol. The Balaban J connectivity index is 3.14. The summed E-state index contributed by atoms with van der Waals surface area (Å²) in [5.41, 5.74) is 0. The van der Waals surface area contributed by atoms with Gasteiger partial charge in [0.2, 0.25) is 0 Å². The summed E-state index contributed by atoms with van der Waals surface area (Å²) in [6.07, 6.45) is 0. The highest BCUT2D eigenvalue weighted by molar-refractivity contribution is 3.86. The number of hydrogen-bond acceptors (Lipinski definition) is 2. The van der Waals surface area contributed by atoms with Crippen molar-refractivity contribution in [2.75, 3.05) is 7.05 Å². The molecule has 0 unspecified atom stereocenters. The molecule has 0 amide bonds. The summed E-state index contributed by atoms with van der Waals surface area (Å²) < 4.78 is 0. The predicted octanol–water partition coefficient (Wildman–Crippen LogP) is -0.548. The first-order valence-electron chi connectivity index (χ1n) is 1.09. The van der Waals surface area contributed by atoms with E-state index in [2.05, 4.69) is 11.0 Å². The Kier molecular flexibility index (Phi) is 1.27. The highest BCUT2D eigenvalue weighted by Crippen LogP contribution is 1.48. The standard InChI is InChI=1S/CH5N3O/c1-3-4(2)5/h1H3,(H2,2,3). The molecule has 0 aromatic rings. The fraction of sp³-hybridized carbons (Fsp3) is 1.00. The molecule has 5 heavy (non-hydrogen) atoms. The van der Waals surface area contributed by atoms with E-state index in [9.17, 15) is 5.21 Å². The van der Waals surface area contributed by atoms with Gasteiger partial charge in [-0.05, 0) is 5.11 Å². The van der Waals surface area contributed by atoms with Gasteiger partial charge in [0.1, 0.15) is 0 Å². The topological polar surface area (TPSA) is 64.5 Å². The lowest BCUT2D eigenvalue weighted by Crippen LogP contribution is -2.06. The Labute approximate surface area is 29.5 Å². The van der Waals surface area contributed by atoms with Crippen LogP contribution in [0.25, 0.3) is 0 Å². The van der Waals surface area contributed by atoms with E-state index >= 15 is 0 Å². The number of rotatable bonds is 0. The van der Waals surface area contributed by atoms with Crippen LogP contribution >= 0.6 is 0 Å². The second kappa shape index (κ2) is 1.51. The van der Waals surface area contributed by atoms with E-state index in [1.807, 2.05) is 0 Å². The zero-order chi connectivity index (χ0) is 4.28. The zero-order valence-corrected chi connectivity index (χ0v) is 2.88. The first kappa shape index (κ1) is 4.20. The Morgan fingerprint density at radius 1 is 2.00 bits per heavy atom. The lowest BCUT2D eigenvalue weighted by atomic mass is 11.6. The predicted molar refractivity (Wildman–Crippen MR) is 16.2 cm³/mol. The first-order valence-corrected chi connectivity index (χ1v) is 1.09. The van der Waals surface area contributed by atoms with Crippen LogP contribution in [0.3, 0.4) is 0 Å². The molecule has 0 saturated carbocycles. The molecule has 0 fully saturated rings. The highest BCUT2D eigenvalue weighted by Gasteiger charge is 1.59. The third-order valence-corrected chi connectivity index (χ3v) is 0.197. The molecule has 0 aliphatic heterocycles. The maximum absolute atomic E-state index is 9.34. The summed E-state index contributed by atoms with van der Waals surface area (Å²) in [4.78, 5) is 0. The highest BCUT2D eigenvalue weighted by atomic mass is 16.5. The third kappa shape index (κ3) is 3.20. The van der Waals surface area contributed by atoms with E-state index in [4.69, 9.17) is 0 Å². The molecule has 0 aromatic heterocycles. The van der Waals surface area contributed by atoms with Crippen LogP contribution in [0.4, 0.5) is 0 Å². The molecule has 30 valence electrons. The van der Waals surface area contributed by atoms with Crippen LogP contribution in [0.1, 0.15) is 0 Å². The van der Waals surface area contributed by atoms with E-state index in [1.54, 1.807) is 0 Å². The van der Waals surface area contributed by atoms with Gasteiger partial charge in [-0.1, -0.05) is 0 Å². The summed E-state index contributed by atoms with van der Waals surface area (Å²) in [6.45, 7) is 0. The lowest BCUT2D eigenvalue weighted by Gasteiger charge is -1.80. The van der Waals surface area contributed by atoms with E-state index < -0.39 is 0 Å². The van der Waals surface area contributed by atoms with Crippen molar-refractivity contribution in [1.29, 1.82) is 0 Å². The molecule has 0 aromatic carbocycles. The number of hydrazine groups is 1. The van der Waals surface area contributed by atoms with E-state index in [-0.39, 0.29) is 4.97 Å². The van der Waals surface area contributed by atoms with Crippen molar-refractivity contribution in [3.05, 3.63) is 5.21 Å². The van der Waals surface area contributed by atoms with E-state index in [0.717, 1.165) is 0 Å². The Hall–Kier alpha value is -0.800. The van der Waals surface area contributed by atoms with Gasteiger partial charge >= 0.3 is 0 Å². The molecule has 0 aliphatic rings. The minimum atomic E-state index is 0. The molecule has 0 bridgehead atoms. The third-order valence-electron chi connectivity index (χ3n) is 0.197. The van der Waals surface area contributed by atoms with Gasteiger partial charge in [-0.2, -0.15) is 5.84 Å². The molecule has 4 nitrogen and oxygen atoms in total. The van der Waals surface area contributed by atoms with Crippen LogP contribution in [-0.2, 0) is 0 Å². The van der Waals surface area contributed by atoms with Crippen molar-refractivity contribution in [3.8, 4) is 0 Å². The monoisotopic (exact) mass is 75.0 g/mol. The second-order valence-corrected chi connectivity index (χ2v) is 0.503. The summed E-state index contributed by atoms with van der Waals surface area (Å²) >= 11 is 0. The summed E-state index contributed by atoms with van der Waals surface area (Å²) in [7, 11) is 1.31. The summed E-state index contributed by atoms with van der Waals surface area (Å²) in [5, 5.41) is 12.3. The zero-order valence-electron chi connectivity index (χ0n) is 2.88. The molecule has 0 heterocycles. The minimum Gasteiger partial charge on any atom is -0.572 e. The van der Waals surface area contributed by atoms with Crippen LogP contribution in [-0.4, -0.2) is 12.0 Å². The number of nitrogens with two attached hydrogens (primary N) is 1. The maximum Gasteiger partial charge on any atom is 0.0953 e. The van der Waals surface area contributed by atoms with Crippen LogP contribution in [0.15, 0.2) is 5.11 Å². The average Bonchev–Trinajstić information content (AvgIpc) is 1.38. The van der Waals surface area contributed by atoms with Crippen LogP contribution in [0.5, 0.6) is 0 Å². The molecule has 0 rings (SSSR count). The van der Waals surface area contributed by atoms with Crippen LogP contribution in [0.2, 0.25) is 0 Å². The van der Waals surface area contributed by atoms with Gasteiger partial charge in [-0.3, -0.25) is 0 Å². The molecule has 4 heteroatoms. The minimum absolute atomic E-state index is 0. The average molecular weight is 75.1 g/mol. The number of hydrogen-bond donors (Lipinski definition) is 1. The van der Waals surface area contributed by atoms with Gasteiger partial charge in [-0.25, -0.2) is 0 Å². The fourth-order valence-corrected chi connectivity index (χ4v) is 0. The van der Waals surface area contributed by atoms with Gasteiger partial charge in [-0.15, -0.1) is 0 Å². The van der Waals surface area contributed by atoms with Gasteiger partial charge in [0.25, 0.3) is 0 Å². The normalized spacial score (nSPS) is 11.8. The molecule has 0 radical (unpaired) electrons. The Morgan fingerprint density at radius 3 is 2.20 bits per heavy atom. The van der Waals surface area contributed by atoms with Crippen LogP contribution in [0, 0.1) is 5.21 Å². The lowest BCUT2D eigenvalue weighted by molar-refractivity contribution is -0.540. The summed E-state index contributed by atoms with van der Waals surface area (Å²) in [6, 6.07) is 0. The van der Waals surface area contributed by atoms with E-state index in [1.165, 1.54) is 7.05 Å². The van der Waals surface area contributed by atoms with Crippen molar-refractivity contribution in [1.82, 2.24) is 0 Å². The smallest absolute Gasteiger partial charge is 0.0953 e. The summed E-state index contributed by atoms with van der Waals surface area (Å²) in [5.74, 6) is 4.40. The maximum atomic E-state index is 9.34. The van der Waals surface area contributed by atoms with Crippen LogP contribution < -0.4 is 5.84 Å². The van der Waals surface area contributed by atoms with Crippen molar-refractivity contribution in [2.45, 2.75) is 0 Å². The van der Waals surface area contributed by atoms with Gasteiger partial charge < -0.3 is 5.21 Å². The molecule has 0 saturated heterocycles. The largest absolute Gasteiger partial charge is 0.572 e.